The average molecular weight is 270 g/mol. The highest BCUT2D eigenvalue weighted by atomic mass is 16.1. The molecule has 2 heterocycles. The standard InChI is InChI=1S/C15H18N4O/c1-3-11-12(4-2)17-18-15(16-11)19-9-8-10-13(19)6-5-7-14(10)20/h8-9H,3-7H2,1-2H3. The Balaban J connectivity index is 2.08. The molecule has 0 aromatic carbocycles. The Kier molecular flexibility index (Phi) is 3.34. The highest BCUT2D eigenvalue weighted by molar-refractivity contribution is 5.98. The van der Waals surface area contributed by atoms with E-state index in [2.05, 4.69) is 29.0 Å². The number of nitrogens with zero attached hydrogens (tertiary/aromatic N) is 4. The van der Waals surface area contributed by atoms with Crippen molar-refractivity contribution in [3.63, 3.8) is 0 Å². The largest absolute Gasteiger partial charge is 0.294 e. The molecular weight excluding hydrogens is 252 g/mol. The van der Waals surface area contributed by atoms with Gasteiger partial charge in [-0.2, -0.15) is 0 Å². The zero-order valence-electron chi connectivity index (χ0n) is 11.9. The van der Waals surface area contributed by atoms with Crippen molar-refractivity contribution in [3.05, 3.63) is 34.9 Å². The molecule has 2 aromatic rings. The first-order valence-corrected chi connectivity index (χ1v) is 7.20. The van der Waals surface area contributed by atoms with Crippen molar-refractivity contribution in [3.8, 4) is 5.95 Å². The molecule has 20 heavy (non-hydrogen) atoms. The van der Waals surface area contributed by atoms with Gasteiger partial charge in [0.15, 0.2) is 5.78 Å². The molecule has 0 saturated heterocycles. The second-order valence-corrected chi connectivity index (χ2v) is 5.04. The van der Waals surface area contributed by atoms with Crippen molar-refractivity contribution in [2.24, 2.45) is 0 Å². The first kappa shape index (κ1) is 13.0. The predicted molar refractivity (Wildman–Crippen MR) is 75.2 cm³/mol. The number of hydrogen-bond donors (Lipinski definition) is 0. The van der Waals surface area contributed by atoms with Gasteiger partial charge in [-0.1, -0.05) is 13.8 Å². The van der Waals surface area contributed by atoms with Gasteiger partial charge in [0.1, 0.15) is 0 Å². The van der Waals surface area contributed by atoms with Crippen molar-refractivity contribution < 1.29 is 4.79 Å². The molecule has 5 nitrogen and oxygen atoms in total. The number of fused-ring (bicyclic) bond motifs is 1. The highest BCUT2D eigenvalue weighted by Gasteiger charge is 2.22. The van der Waals surface area contributed by atoms with Crippen LogP contribution in [0.3, 0.4) is 0 Å². The molecule has 104 valence electrons. The number of Topliss-reactive ketones (excluding diaryl/α,β-unsaturated/α-hetero) is 1. The van der Waals surface area contributed by atoms with Crippen molar-refractivity contribution in [1.82, 2.24) is 19.7 Å². The van der Waals surface area contributed by atoms with Crippen LogP contribution < -0.4 is 0 Å². The fraction of sp³-hybridized carbons (Fsp3) is 0.467. The molecule has 5 heteroatoms. The van der Waals surface area contributed by atoms with Crippen LogP contribution in [0.5, 0.6) is 0 Å². The smallest absolute Gasteiger partial charge is 0.253 e. The Morgan fingerprint density at radius 1 is 1.15 bits per heavy atom. The van der Waals surface area contributed by atoms with Gasteiger partial charge in [0, 0.05) is 23.9 Å². The fourth-order valence-corrected chi connectivity index (χ4v) is 2.74. The molecule has 0 spiro atoms. The van der Waals surface area contributed by atoms with E-state index in [1.165, 1.54) is 0 Å². The summed E-state index contributed by atoms with van der Waals surface area (Å²) >= 11 is 0. The average Bonchev–Trinajstić information content (AvgIpc) is 2.92. The molecule has 0 unspecified atom stereocenters. The van der Waals surface area contributed by atoms with Crippen LogP contribution in [0.4, 0.5) is 0 Å². The van der Waals surface area contributed by atoms with Crippen LogP contribution in [-0.4, -0.2) is 25.5 Å². The summed E-state index contributed by atoms with van der Waals surface area (Å²) in [5.74, 6) is 0.800. The van der Waals surface area contributed by atoms with Gasteiger partial charge in [-0.05, 0) is 31.7 Å². The monoisotopic (exact) mass is 270 g/mol. The Hall–Kier alpha value is -2.04. The van der Waals surface area contributed by atoms with E-state index in [1.54, 1.807) is 0 Å². The molecule has 0 saturated carbocycles. The third-order valence-electron chi connectivity index (χ3n) is 3.82. The minimum atomic E-state index is 0.221. The fourth-order valence-electron chi connectivity index (χ4n) is 2.74. The molecule has 0 N–H and O–H groups in total. The van der Waals surface area contributed by atoms with Crippen LogP contribution in [0, 0.1) is 0 Å². The second-order valence-electron chi connectivity index (χ2n) is 5.04. The maximum Gasteiger partial charge on any atom is 0.253 e. The summed E-state index contributed by atoms with van der Waals surface area (Å²) < 4.78 is 1.91. The van der Waals surface area contributed by atoms with E-state index in [-0.39, 0.29) is 5.78 Å². The lowest BCUT2D eigenvalue weighted by Gasteiger charge is -2.14. The molecule has 1 aliphatic carbocycles. The lowest BCUT2D eigenvalue weighted by Crippen LogP contribution is -2.15. The molecule has 0 fully saturated rings. The first-order chi connectivity index (χ1) is 9.74. The van der Waals surface area contributed by atoms with Crippen LogP contribution in [0.1, 0.15) is 54.1 Å². The molecule has 0 atom stereocenters. The number of aromatic nitrogens is 4. The summed E-state index contributed by atoms with van der Waals surface area (Å²) in [7, 11) is 0. The number of rotatable bonds is 3. The lowest BCUT2D eigenvalue weighted by atomic mass is 9.97. The van der Waals surface area contributed by atoms with Crippen LogP contribution in [0.2, 0.25) is 0 Å². The predicted octanol–water partition coefficient (Wildman–Crippen LogP) is 2.31. The Bertz CT molecular complexity index is 660. The maximum absolute atomic E-state index is 11.9. The Morgan fingerprint density at radius 3 is 2.70 bits per heavy atom. The van der Waals surface area contributed by atoms with E-state index in [4.69, 9.17) is 0 Å². The summed E-state index contributed by atoms with van der Waals surface area (Å²) in [6, 6.07) is 1.87. The van der Waals surface area contributed by atoms with Crippen LogP contribution in [0.15, 0.2) is 12.3 Å². The lowest BCUT2D eigenvalue weighted by molar-refractivity contribution is 0.0972. The number of carbonyl (C=O) groups is 1. The maximum atomic E-state index is 11.9. The number of ketones is 1. The van der Waals surface area contributed by atoms with Gasteiger partial charge in [0.25, 0.3) is 5.95 Å². The number of aryl methyl sites for hydroxylation is 2. The van der Waals surface area contributed by atoms with Crippen molar-refractivity contribution in [2.75, 3.05) is 0 Å². The molecule has 0 radical (unpaired) electrons. The van der Waals surface area contributed by atoms with Crippen molar-refractivity contribution >= 4 is 5.78 Å². The number of hydrogen-bond acceptors (Lipinski definition) is 4. The molecule has 0 amide bonds. The van der Waals surface area contributed by atoms with Crippen LogP contribution in [0.25, 0.3) is 5.95 Å². The molecule has 2 aromatic heterocycles. The first-order valence-electron chi connectivity index (χ1n) is 7.20. The summed E-state index contributed by atoms with van der Waals surface area (Å²) in [6.07, 6.45) is 6.01. The number of carbonyl (C=O) groups excluding carboxylic acids is 1. The summed E-state index contributed by atoms with van der Waals surface area (Å²) in [6.45, 7) is 4.13. The highest BCUT2D eigenvalue weighted by Crippen LogP contribution is 2.24. The van der Waals surface area contributed by atoms with Crippen molar-refractivity contribution in [2.45, 2.75) is 46.0 Å². The second kappa shape index (κ2) is 5.15. The normalized spacial score (nSPS) is 14.4. The minimum Gasteiger partial charge on any atom is -0.294 e. The zero-order chi connectivity index (χ0) is 14.1. The SMILES string of the molecule is CCc1nnc(-n2ccc3c2CCCC3=O)nc1CC. The van der Waals surface area contributed by atoms with E-state index >= 15 is 0 Å². The molecule has 0 bridgehead atoms. The van der Waals surface area contributed by atoms with E-state index in [0.717, 1.165) is 48.3 Å². The van der Waals surface area contributed by atoms with E-state index in [1.807, 2.05) is 16.8 Å². The molecule has 1 aliphatic rings. The van der Waals surface area contributed by atoms with Gasteiger partial charge in [0.05, 0.1) is 11.4 Å². The van der Waals surface area contributed by atoms with E-state index < -0.39 is 0 Å². The summed E-state index contributed by atoms with van der Waals surface area (Å²) in [5.41, 5.74) is 3.78. The van der Waals surface area contributed by atoms with Crippen molar-refractivity contribution in [1.29, 1.82) is 0 Å². The van der Waals surface area contributed by atoms with Gasteiger partial charge in [-0.15, -0.1) is 10.2 Å². The van der Waals surface area contributed by atoms with Gasteiger partial charge in [0.2, 0.25) is 0 Å². The quantitative estimate of drug-likeness (QED) is 0.858. The topological polar surface area (TPSA) is 60.7 Å². The molecule has 0 aliphatic heterocycles. The molecular formula is C15H18N4O. The van der Waals surface area contributed by atoms with E-state index in [9.17, 15) is 4.79 Å². The Labute approximate surface area is 118 Å². The zero-order valence-corrected chi connectivity index (χ0v) is 11.9. The van der Waals surface area contributed by atoms with Crippen LogP contribution >= 0.6 is 0 Å². The third-order valence-corrected chi connectivity index (χ3v) is 3.82. The minimum absolute atomic E-state index is 0.221. The van der Waals surface area contributed by atoms with Crippen LogP contribution in [-0.2, 0) is 19.3 Å². The summed E-state index contributed by atoms with van der Waals surface area (Å²) in [4.78, 5) is 16.5. The van der Waals surface area contributed by atoms with Gasteiger partial charge < -0.3 is 0 Å². The Morgan fingerprint density at radius 2 is 1.95 bits per heavy atom. The van der Waals surface area contributed by atoms with Gasteiger partial charge in [-0.25, -0.2) is 4.98 Å². The molecule has 3 rings (SSSR count). The van der Waals surface area contributed by atoms with Gasteiger partial charge >= 0.3 is 0 Å². The van der Waals surface area contributed by atoms with E-state index in [0.29, 0.717) is 12.4 Å². The summed E-state index contributed by atoms with van der Waals surface area (Å²) in [5, 5.41) is 8.50. The van der Waals surface area contributed by atoms with Gasteiger partial charge in [-0.3, -0.25) is 9.36 Å². The third kappa shape index (κ3) is 2.03.